The molecule has 0 fully saturated rings. The number of hydrogen-bond donors (Lipinski definition) is 1. The smallest absolute Gasteiger partial charge is 0.137 e. The van der Waals surface area contributed by atoms with Crippen molar-refractivity contribution in [3.05, 3.63) is 71.8 Å². The minimum Gasteiger partial charge on any atom is -0.456 e. The molecule has 0 spiro atoms. The van der Waals surface area contributed by atoms with Crippen molar-refractivity contribution in [1.29, 1.82) is 0 Å². The Balaban J connectivity index is 1.77. The fourth-order valence-corrected chi connectivity index (χ4v) is 2.91. The van der Waals surface area contributed by atoms with Gasteiger partial charge in [0.2, 0.25) is 0 Å². The molecule has 3 aromatic carbocycles. The van der Waals surface area contributed by atoms with Gasteiger partial charge in [0.1, 0.15) is 11.2 Å². The Labute approximate surface area is 129 Å². The van der Waals surface area contributed by atoms with Gasteiger partial charge in [-0.05, 0) is 43.7 Å². The molecule has 0 aliphatic rings. The molecule has 0 aliphatic heterocycles. The Kier molecular flexibility index (Phi) is 2.90. The molecular formula is C20H17NO. The molecule has 4 rings (SSSR count). The summed E-state index contributed by atoms with van der Waals surface area (Å²) in [5.74, 6) is 0. The standard InChI is InChI=1S/C20H17NO/c1-13-7-10-18(14(2)11-13)21-15-8-9-17-16-5-3-4-6-19(16)22-20(17)12-15/h3-12,21H,1-2H3. The van der Waals surface area contributed by atoms with Crippen molar-refractivity contribution in [2.24, 2.45) is 0 Å². The molecule has 1 N–H and O–H groups in total. The maximum atomic E-state index is 5.94. The van der Waals surface area contributed by atoms with E-state index in [0.717, 1.165) is 33.3 Å². The van der Waals surface area contributed by atoms with Crippen molar-refractivity contribution in [1.82, 2.24) is 0 Å². The fraction of sp³-hybridized carbons (Fsp3) is 0.100. The van der Waals surface area contributed by atoms with E-state index in [2.05, 4.69) is 61.6 Å². The quantitative estimate of drug-likeness (QED) is 0.493. The first-order valence-electron chi connectivity index (χ1n) is 7.46. The number of aryl methyl sites for hydroxylation is 2. The Morgan fingerprint density at radius 2 is 1.59 bits per heavy atom. The molecule has 108 valence electrons. The zero-order valence-electron chi connectivity index (χ0n) is 12.7. The minimum absolute atomic E-state index is 0.913. The van der Waals surface area contributed by atoms with Crippen LogP contribution >= 0.6 is 0 Å². The molecule has 0 saturated heterocycles. The average molecular weight is 287 g/mol. The summed E-state index contributed by atoms with van der Waals surface area (Å²) >= 11 is 0. The van der Waals surface area contributed by atoms with Gasteiger partial charge in [-0.3, -0.25) is 0 Å². The summed E-state index contributed by atoms with van der Waals surface area (Å²) in [5, 5.41) is 5.79. The lowest BCUT2D eigenvalue weighted by Gasteiger charge is -2.10. The predicted molar refractivity (Wildman–Crippen MR) is 92.9 cm³/mol. The number of anilines is 2. The van der Waals surface area contributed by atoms with Gasteiger partial charge in [-0.2, -0.15) is 0 Å². The van der Waals surface area contributed by atoms with Crippen LogP contribution in [-0.2, 0) is 0 Å². The van der Waals surface area contributed by atoms with Crippen LogP contribution in [-0.4, -0.2) is 0 Å². The molecule has 0 bridgehead atoms. The highest BCUT2D eigenvalue weighted by Crippen LogP contribution is 2.31. The molecular weight excluding hydrogens is 270 g/mol. The highest BCUT2D eigenvalue weighted by Gasteiger charge is 2.07. The van der Waals surface area contributed by atoms with E-state index in [9.17, 15) is 0 Å². The van der Waals surface area contributed by atoms with Gasteiger partial charge in [0.25, 0.3) is 0 Å². The molecule has 0 radical (unpaired) electrons. The average Bonchev–Trinajstić information content (AvgIpc) is 2.88. The molecule has 22 heavy (non-hydrogen) atoms. The number of fused-ring (bicyclic) bond motifs is 3. The van der Waals surface area contributed by atoms with E-state index in [1.807, 2.05) is 18.2 Å². The molecule has 2 nitrogen and oxygen atoms in total. The van der Waals surface area contributed by atoms with Crippen LogP contribution in [0, 0.1) is 13.8 Å². The van der Waals surface area contributed by atoms with Gasteiger partial charge in [-0.15, -0.1) is 0 Å². The molecule has 0 amide bonds. The van der Waals surface area contributed by atoms with Crippen LogP contribution in [0.25, 0.3) is 21.9 Å². The Morgan fingerprint density at radius 1 is 0.773 bits per heavy atom. The first-order valence-corrected chi connectivity index (χ1v) is 7.46. The molecule has 2 heteroatoms. The van der Waals surface area contributed by atoms with Crippen LogP contribution in [0.3, 0.4) is 0 Å². The van der Waals surface area contributed by atoms with E-state index in [1.54, 1.807) is 0 Å². The van der Waals surface area contributed by atoms with Crippen LogP contribution in [0.2, 0.25) is 0 Å². The normalized spacial score (nSPS) is 11.2. The van der Waals surface area contributed by atoms with Crippen molar-refractivity contribution in [2.45, 2.75) is 13.8 Å². The maximum Gasteiger partial charge on any atom is 0.137 e. The lowest BCUT2D eigenvalue weighted by atomic mass is 10.1. The van der Waals surface area contributed by atoms with Crippen molar-refractivity contribution in [3.63, 3.8) is 0 Å². The van der Waals surface area contributed by atoms with Crippen LogP contribution in [0.15, 0.2) is 65.1 Å². The van der Waals surface area contributed by atoms with Crippen molar-refractivity contribution in [3.8, 4) is 0 Å². The second-order valence-corrected chi connectivity index (χ2v) is 5.75. The first kappa shape index (κ1) is 13.0. The highest BCUT2D eigenvalue weighted by molar-refractivity contribution is 6.05. The second-order valence-electron chi connectivity index (χ2n) is 5.75. The molecule has 0 atom stereocenters. The summed E-state index contributed by atoms with van der Waals surface area (Å²) in [6.07, 6.45) is 0. The van der Waals surface area contributed by atoms with Gasteiger partial charge in [0.15, 0.2) is 0 Å². The number of rotatable bonds is 2. The van der Waals surface area contributed by atoms with E-state index in [0.29, 0.717) is 0 Å². The molecule has 1 heterocycles. The summed E-state index contributed by atoms with van der Waals surface area (Å²) in [6.45, 7) is 4.23. The van der Waals surface area contributed by atoms with Crippen LogP contribution in [0.5, 0.6) is 0 Å². The van der Waals surface area contributed by atoms with Crippen LogP contribution < -0.4 is 5.32 Å². The number of furan rings is 1. The number of nitrogens with one attached hydrogen (secondary N) is 1. The molecule has 1 aromatic heterocycles. The number of hydrogen-bond acceptors (Lipinski definition) is 2. The zero-order chi connectivity index (χ0) is 15.1. The summed E-state index contributed by atoms with van der Waals surface area (Å²) < 4.78 is 5.94. The van der Waals surface area contributed by atoms with Crippen molar-refractivity contribution in [2.75, 3.05) is 5.32 Å². The van der Waals surface area contributed by atoms with Gasteiger partial charge in [0, 0.05) is 28.2 Å². The van der Waals surface area contributed by atoms with Gasteiger partial charge >= 0.3 is 0 Å². The van der Waals surface area contributed by atoms with E-state index in [1.165, 1.54) is 11.1 Å². The SMILES string of the molecule is Cc1ccc(Nc2ccc3c(c2)oc2ccccc23)c(C)c1. The predicted octanol–water partition coefficient (Wildman–Crippen LogP) is 5.95. The number of benzene rings is 3. The number of para-hydroxylation sites is 1. The Hall–Kier alpha value is -2.74. The molecule has 0 unspecified atom stereocenters. The van der Waals surface area contributed by atoms with Gasteiger partial charge < -0.3 is 9.73 Å². The maximum absolute atomic E-state index is 5.94. The topological polar surface area (TPSA) is 25.2 Å². The van der Waals surface area contributed by atoms with Crippen LogP contribution in [0.1, 0.15) is 11.1 Å². The summed E-state index contributed by atoms with van der Waals surface area (Å²) in [6, 6.07) is 20.8. The fourth-order valence-electron chi connectivity index (χ4n) is 2.91. The van der Waals surface area contributed by atoms with Gasteiger partial charge in [-0.25, -0.2) is 0 Å². The van der Waals surface area contributed by atoms with E-state index in [4.69, 9.17) is 4.42 Å². The third kappa shape index (κ3) is 2.13. The molecule has 0 aliphatic carbocycles. The van der Waals surface area contributed by atoms with Gasteiger partial charge in [0.05, 0.1) is 0 Å². The monoisotopic (exact) mass is 287 g/mol. The molecule has 0 saturated carbocycles. The Morgan fingerprint density at radius 3 is 2.45 bits per heavy atom. The second kappa shape index (κ2) is 4.92. The lowest BCUT2D eigenvalue weighted by Crippen LogP contribution is -1.93. The third-order valence-electron chi connectivity index (χ3n) is 4.04. The largest absolute Gasteiger partial charge is 0.456 e. The van der Waals surface area contributed by atoms with Crippen molar-refractivity contribution >= 4 is 33.3 Å². The summed E-state index contributed by atoms with van der Waals surface area (Å²) in [5.41, 5.74) is 6.53. The Bertz CT molecular complexity index is 982. The van der Waals surface area contributed by atoms with E-state index >= 15 is 0 Å². The first-order chi connectivity index (χ1) is 10.7. The zero-order valence-corrected chi connectivity index (χ0v) is 12.7. The van der Waals surface area contributed by atoms with E-state index < -0.39 is 0 Å². The van der Waals surface area contributed by atoms with Gasteiger partial charge in [-0.1, -0.05) is 35.9 Å². The summed E-state index contributed by atoms with van der Waals surface area (Å²) in [7, 11) is 0. The third-order valence-corrected chi connectivity index (χ3v) is 4.04. The minimum atomic E-state index is 0.913. The lowest BCUT2D eigenvalue weighted by molar-refractivity contribution is 0.669. The van der Waals surface area contributed by atoms with Crippen LogP contribution in [0.4, 0.5) is 11.4 Å². The van der Waals surface area contributed by atoms with Crippen molar-refractivity contribution < 1.29 is 4.42 Å². The molecule has 4 aromatic rings. The highest BCUT2D eigenvalue weighted by atomic mass is 16.3. The van der Waals surface area contributed by atoms with E-state index in [-0.39, 0.29) is 0 Å². The summed E-state index contributed by atoms with van der Waals surface area (Å²) in [4.78, 5) is 0.